The van der Waals surface area contributed by atoms with E-state index in [0.717, 1.165) is 4.90 Å². The van der Waals surface area contributed by atoms with Crippen molar-refractivity contribution >= 4 is 35.1 Å². The minimum atomic E-state index is -0.250. The topological polar surface area (TPSA) is 46.9 Å². The van der Waals surface area contributed by atoms with Crippen LogP contribution in [0.1, 0.15) is 26.8 Å². The average Bonchev–Trinajstić information content (AvgIpc) is 2.89. The molecule has 2 rings (SSSR count). The zero-order valence-electron chi connectivity index (χ0n) is 12.2. The lowest BCUT2D eigenvalue weighted by Crippen LogP contribution is -2.24. The van der Waals surface area contributed by atoms with Crippen molar-refractivity contribution in [2.75, 3.05) is 5.32 Å². The van der Waals surface area contributed by atoms with Gasteiger partial charge in [0.15, 0.2) is 0 Å². The molecule has 1 N–H and O–H groups in total. The number of hydrogen-bond donors (Lipinski definition) is 1. The van der Waals surface area contributed by atoms with Gasteiger partial charge in [-0.05, 0) is 32.9 Å². The summed E-state index contributed by atoms with van der Waals surface area (Å²) in [4.78, 5) is 13.2. The summed E-state index contributed by atoms with van der Waals surface area (Å²) in [5.41, 5.74) is 0. The van der Waals surface area contributed by atoms with Crippen LogP contribution in [0, 0.1) is 0 Å². The predicted molar refractivity (Wildman–Crippen MR) is 88.0 cm³/mol. The van der Waals surface area contributed by atoms with E-state index in [1.165, 1.54) is 11.8 Å². The standard InChI is InChI=1S/C15H18ClN3OS/c1-10(2)19-14(8-9-17-19)18-15(20)11(3)21-13-7-5-4-6-12(13)16/h4-11H,1-3H3,(H,18,20)/t11-/m1/s1. The van der Waals surface area contributed by atoms with Gasteiger partial charge in [0.25, 0.3) is 0 Å². The van der Waals surface area contributed by atoms with Gasteiger partial charge in [0.2, 0.25) is 5.91 Å². The van der Waals surface area contributed by atoms with Crippen LogP contribution in [0.5, 0.6) is 0 Å². The molecule has 1 atom stereocenters. The molecule has 0 saturated carbocycles. The summed E-state index contributed by atoms with van der Waals surface area (Å²) < 4.78 is 1.78. The summed E-state index contributed by atoms with van der Waals surface area (Å²) in [6.07, 6.45) is 1.68. The van der Waals surface area contributed by atoms with Crippen LogP contribution in [0.15, 0.2) is 41.4 Å². The fourth-order valence-electron chi connectivity index (χ4n) is 1.84. The van der Waals surface area contributed by atoms with E-state index in [4.69, 9.17) is 11.6 Å². The minimum absolute atomic E-state index is 0.0673. The van der Waals surface area contributed by atoms with Crippen molar-refractivity contribution in [1.82, 2.24) is 9.78 Å². The Kier molecular flexibility index (Phi) is 5.31. The highest BCUT2D eigenvalue weighted by atomic mass is 35.5. The molecular weight excluding hydrogens is 306 g/mol. The van der Waals surface area contributed by atoms with Crippen molar-refractivity contribution in [2.45, 2.75) is 37.0 Å². The number of amides is 1. The SMILES string of the molecule is CC(C)n1nccc1NC(=O)[C@@H](C)Sc1ccccc1Cl. The summed E-state index contributed by atoms with van der Waals surface area (Å²) in [7, 11) is 0. The number of carbonyl (C=O) groups is 1. The molecule has 2 aromatic rings. The molecule has 1 heterocycles. The lowest BCUT2D eigenvalue weighted by Gasteiger charge is -2.15. The van der Waals surface area contributed by atoms with E-state index in [2.05, 4.69) is 10.4 Å². The van der Waals surface area contributed by atoms with Crippen LogP contribution in [-0.2, 0) is 4.79 Å². The third-order valence-corrected chi connectivity index (χ3v) is 4.54. The van der Waals surface area contributed by atoms with Crippen LogP contribution in [0.25, 0.3) is 0 Å². The number of carbonyl (C=O) groups excluding carboxylic acids is 1. The van der Waals surface area contributed by atoms with Gasteiger partial charge < -0.3 is 5.32 Å². The number of rotatable bonds is 5. The van der Waals surface area contributed by atoms with Gasteiger partial charge in [0, 0.05) is 17.0 Å². The molecular formula is C15H18ClN3OS. The molecule has 0 fully saturated rings. The molecule has 1 aromatic carbocycles. The first kappa shape index (κ1) is 15.9. The third-order valence-electron chi connectivity index (χ3n) is 2.92. The van der Waals surface area contributed by atoms with E-state index in [0.29, 0.717) is 10.8 Å². The molecule has 0 spiro atoms. The largest absolute Gasteiger partial charge is 0.310 e. The van der Waals surface area contributed by atoms with E-state index in [9.17, 15) is 4.79 Å². The second-order valence-corrected chi connectivity index (χ2v) is 6.72. The van der Waals surface area contributed by atoms with Crippen molar-refractivity contribution in [3.8, 4) is 0 Å². The lowest BCUT2D eigenvalue weighted by molar-refractivity contribution is -0.115. The summed E-state index contributed by atoms with van der Waals surface area (Å²) in [5, 5.41) is 7.52. The van der Waals surface area contributed by atoms with Crippen molar-refractivity contribution in [2.24, 2.45) is 0 Å². The molecule has 0 radical (unpaired) electrons. The number of halogens is 1. The van der Waals surface area contributed by atoms with Gasteiger partial charge in [-0.25, -0.2) is 4.68 Å². The molecule has 0 aliphatic rings. The van der Waals surface area contributed by atoms with Crippen LogP contribution in [-0.4, -0.2) is 20.9 Å². The Morgan fingerprint density at radius 2 is 2.00 bits per heavy atom. The summed E-state index contributed by atoms with van der Waals surface area (Å²) in [6.45, 7) is 5.90. The Labute approximate surface area is 133 Å². The maximum atomic E-state index is 12.3. The molecule has 1 amide bonds. The summed E-state index contributed by atoms with van der Waals surface area (Å²) >= 11 is 7.56. The highest BCUT2D eigenvalue weighted by molar-refractivity contribution is 8.00. The van der Waals surface area contributed by atoms with Gasteiger partial charge in [-0.1, -0.05) is 23.7 Å². The zero-order valence-corrected chi connectivity index (χ0v) is 13.8. The van der Waals surface area contributed by atoms with Crippen LogP contribution >= 0.6 is 23.4 Å². The highest BCUT2D eigenvalue weighted by Gasteiger charge is 2.17. The Morgan fingerprint density at radius 3 is 2.67 bits per heavy atom. The number of nitrogens with one attached hydrogen (secondary N) is 1. The molecule has 112 valence electrons. The fraction of sp³-hybridized carbons (Fsp3) is 0.333. The van der Waals surface area contributed by atoms with Crippen LogP contribution < -0.4 is 5.32 Å². The second kappa shape index (κ2) is 7.00. The van der Waals surface area contributed by atoms with Gasteiger partial charge in [-0.2, -0.15) is 5.10 Å². The van der Waals surface area contributed by atoms with Crippen LogP contribution in [0.3, 0.4) is 0 Å². The van der Waals surface area contributed by atoms with E-state index in [1.54, 1.807) is 16.9 Å². The molecule has 1 aromatic heterocycles. The molecule has 21 heavy (non-hydrogen) atoms. The third kappa shape index (κ3) is 4.02. The number of nitrogens with zero attached hydrogens (tertiary/aromatic N) is 2. The van der Waals surface area contributed by atoms with E-state index in [-0.39, 0.29) is 17.2 Å². The maximum Gasteiger partial charge on any atom is 0.238 e. The molecule has 0 bridgehead atoms. The number of benzene rings is 1. The first-order chi connectivity index (χ1) is 9.99. The fourth-order valence-corrected chi connectivity index (χ4v) is 2.99. The van der Waals surface area contributed by atoms with Gasteiger partial charge in [-0.15, -0.1) is 11.8 Å². The Bertz CT molecular complexity index is 627. The van der Waals surface area contributed by atoms with Crippen LogP contribution in [0.4, 0.5) is 5.82 Å². The van der Waals surface area contributed by atoms with Crippen molar-refractivity contribution < 1.29 is 4.79 Å². The number of hydrogen-bond acceptors (Lipinski definition) is 3. The Morgan fingerprint density at radius 1 is 1.29 bits per heavy atom. The van der Waals surface area contributed by atoms with Crippen molar-refractivity contribution in [3.63, 3.8) is 0 Å². The summed E-state index contributed by atoms with van der Waals surface area (Å²) in [6, 6.07) is 9.51. The molecule has 4 nitrogen and oxygen atoms in total. The van der Waals surface area contributed by atoms with Crippen molar-refractivity contribution in [3.05, 3.63) is 41.6 Å². The van der Waals surface area contributed by atoms with Gasteiger partial charge in [0.05, 0.1) is 16.5 Å². The molecule has 0 saturated heterocycles. The normalized spacial score (nSPS) is 12.4. The molecule has 0 aliphatic heterocycles. The number of aromatic nitrogens is 2. The quantitative estimate of drug-likeness (QED) is 0.837. The molecule has 6 heteroatoms. The smallest absolute Gasteiger partial charge is 0.238 e. The van der Waals surface area contributed by atoms with Gasteiger partial charge in [-0.3, -0.25) is 4.79 Å². The Hall–Kier alpha value is -1.46. The lowest BCUT2D eigenvalue weighted by atomic mass is 10.4. The zero-order chi connectivity index (χ0) is 15.4. The monoisotopic (exact) mass is 323 g/mol. The first-order valence-corrected chi connectivity index (χ1v) is 8.00. The molecule has 0 unspecified atom stereocenters. The Balaban J connectivity index is 2.03. The second-order valence-electron chi connectivity index (χ2n) is 4.93. The van der Waals surface area contributed by atoms with Crippen molar-refractivity contribution in [1.29, 1.82) is 0 Å². The van der Waals surface area contributed by atoms with Gasteiger partial charge in [0.1, 0.15) is 5.82 Å². The molecule has 0 aliphatic carbocycles. The predicted octanol–water partition coefficient (Wildman–Crippen LogP) is 4.24. The van der Waals surface area contributed by atoms with E-state index >= 15 is 0 Å². The van der Waals surface area contributed by atoms with E-state index in [1.807, 2.05) is 45.0 Å². The van der Waals surface area contributed by atoms with Crippen LogP contribution in [0.2, 0.25) is 5.02 Å². The summed E-state index contributed by atoms with van der Waals surface area (Å²) in [5.74, 6) is 0.643. The number of anilines is 1. The average molecular weight is 324 g/mol. The first-order valence-electron chi connectivity index (χ1n) is 6.74. The van der Waals surface area contributed by atoms with Gasteiger partial charge >= 0.3 is 0 Å². The highest BCUT2D eigenvalue weighted by Crippen LogP contribution is 2.30. The number of thioether (sulfide) groups is 1. The van der Waals surface area contributed by atoms with E-state index < -0.39 is 0 Å². The maximum absolute atomic E-state index is 12.3. The minimum Gasteiger partial charge on any atom is -0.310 e.